The molecule has 78 valence electrons. The molecule has 0 bridgehead atoms. The highest BCUT2D eigenvalue weighted by molar-refractivity contribution is 5.76. The first-order valence-corrected chi connectivity index (χ1v) is 4.63. The maximum atomic E-state index is 5.89. The Morgan fingerprint density at radius 2 is 2.20 bits per heavy atom. The van der Waals surface area contributed by atoms with Crippen LogP contribution in [0.25, 0.3) is 11.1 Å². The van der Waals surface area contributed by atoms with Crippen LogP contribution in [0.2, 0.25) is 0 Å². The van der Waals surface area contributed by atoms with Crippen molar-refractivity contribution in [3.63, 3.8) is 0 Å². The van der Waals surface area contributed by atoms with Crippen molar-refractivity contribution in [1.29, 1.82) is 0 Å². The van der Waals surface area contributed by atoms with Crippen LogP contribution in [0, 0.1) is 0 Å². The molecule has 2 N–H and O–H groups in total. The molecule has 0 atom stereocenters. The molecule has 0 saturated heterocycles. The largest absolute Gasteiger partial charge is 0.497 e. The zero-order chi connectivity index (χ0) is 10.8. The van der Waals surface area contributed by atoms with Crippen LogP contribution in [0.15, 0.2) is 30.6 Å². The van der Waals surface area contributed by atoms with Gasteiger partial charge in [0.2, 0.25) is 0 Å². The summed E-state index contributed by atoms with van der Waals surface area (Å²) in [4.78, 5) is 0. The minimum atomic E-state index is 0.726. The van der Waals surface area contributed by atoms with Gasteiger partial charge in [0.1, 0.15) is 5.75 Å². The predicted molar refractivity (Wildman–Crippen MR) is 59.6 cm³/mol. The lowest BCUT2D eigenvalue weighted by atomic mass is 10.1. The number of nitrogens with two attached hydrogens (primary N) is 1. The molecule has 1 aromatic carbocycles. The number of hydrogen-bond acceptors (Lipinski definition) is 3. The number of nitrogen functional groups attached to an aromatic ring is 1. The molecule has 1 heterocycles. The van der Waals surface area contributed by atoms with Gasteiger partial charge in [-0.1, -0.05) is 0 Å². The first-order chi connectivity index (χ1) is 7.20. The Morgan fingerprint density at radius 1 is 1.40 bits per heavy atom. The fraction of sp³-hybridized carbons (Fsp3) is 0.182. The molecule has 1 aromatic heterocycles. The Bertz CT molecular complexity index is 476. The third-order valence-corrected chi connectivity index (χ3v) is 2.28. The third-order valence-electron chi connectivity index (χ3n) is 2.28. The first kappa shape index (κ1) is 9.58. The van der Waals surface area contributed by atoms with Crippen molar-refractivity contribution in [3.8, 4) is 16.9 Å². The average molecular weight is 203 g/mol. The molecular weight excluding hydrogens is 190 g/mol. The topological polar surface area (TPSA) is 53.1 Å². The standard InChI is InChI=1S/C11H13N3O/c1-14-7-8(6-13-14)10-5-9(15-2)3-4-11(10)12/h3-7H,12H2,1-2H3. The highest BCUT2D eigenvalue weighted by Crippen LogP contribution is 2.29. The summed E-state index contributed by atoms with van der Waals surface area (Å²) in [6.07, 6.45) is 3.70. The van der Waals surface area contributed by atoms with E-state index in [-0.39, 0.29) is 0 Å². The van der Waals surface area contributed by atoms with Crippen molar-refractivity contribution in [1.82, 2.24) is 9.78 Å². The van der Waals surface area contributed by atoms with Gasteiger partial charge in [0, 0.05) is 30.1 Å². The second-order valence-electron chi connectivity index (χ2n) is 3.36. The predicted octanol–water partition coefficient (Wildman–Crippen LogP) is 1.68. The fourth-order valence-electron chi connectivity index (χ4n) is 1.47. The van der Waals surface area contributed by atoms with Crippen molar-refractivity contribution in [2.45, 2.75) is 0 Å². The van der Waals surface area contributed by atoms with E-state index >= 15 is 0 Å². The molecule has 2 aromatic rings. The average Bonchev–Trinajstić information content (AvgIpc) is 2.65. The number of rotatable bonds is 2. The summed E-state index contributed by atoms with van der Waals surface area (Å²) < 4.78 is 6.90. The van der Waals surface area contributed by atoms with Gasteiger partial charge in [-0.25, -0.2) is 0 Å². The monoisotopic (exact) mass is 203 g/mol. The van der Waals surface area contributed by atoms with Gasteiger partial charge in [-0.05, 0) is 18.2 Å². The van der Waals surface area contributed by atoms with E-state index < -0.39 is 0 Å². The summed E-state index contributed by atoms with van der Waals surface area (Å²) >= 11 is 0. The Kier molecular flexibility index (Phi) is 2.33. The van der Waals surface area contributed by atoms with E-state index in [0.717, 1.165) is 22.6 Å². The van der Waals surface area contributed by atoms with E-state index in [2.05, 4.69) is 5.10 Å². The van der Waals surface area contributed by atoms with Crippen molar-refractivity contribution >= 4 is 5.69 Å². The molecule has 0 spiro atoms. The Morgan fingerprint density at radius 3 is 2.80 bits per heavy atom. The summed E-state index contributed by atoms with van der Waals surface area (Å²) in [7, 11) is 3.51. The maximum Gasteiger partial charge on any atom is 0.119 e. The summed E-state index contributed by atoms with van der Waals surface area (Å²) in [5.41, 5.74) is 8.56. The van der Waals surface area contributed by atoms with Crippen LogP contribution in [0.4, 0.5) is 5.69 Å². The number of ether oxygens (including phenoxy) is 1. The molecule has 0 aliphatic carbocycles. The molecule has 15 heavy (non-hydrogen) atoms. The van der Waals surface area contributed by atoms with Gasteiger partial charge in [-0.15, -0.1) is 0 Å². The summed E-state index contributed by atoms with van der Waals surface area (Å²) in [5.74, 6) is 0.794. The third kappa shape index (κ3) is 1.79. The van der Waals surface area contributed by atoms with Crippen LogP contribution in [0.3, 0.4) is 0 Å². The van der Waals surface area contributed by atoms with Crippen LogP contribution in [-0.2, 0) is 7.05 Å². The van der Waals surface area contributed by atoms with Crippen molar-refractivity contribution in [2.24, 2.45) is 7.05 Å². The lowest BCUT2D eigenvalue weighted by Gasteiger charge is -2.05. The number of anilines is 1. The van der Waals surface area contributed by atoms with Gasteiger partial charge in [-0.3, -0.25) is 4.68 Å². The van der Waals surface area contributed by atoms with Crippen LogP contribution < -0.4 is 10.5 Å². The van der Waals surface area contributed by atoms with Gasteiger partial charge in [0.25, 0.3) is 0 Å². The normalized spacial score (nSPS) is 10.3. The second kappa shape index (κ2) is 3.65. The number of nitrogens with zero attached hydrogens (tertiary/aromatic N) is 2. The number of benzene rings is 1. The molecule has 0 radical (unpaired) electrons. The highest BCUT2D eigenvalue weighted by Gasteiger charge is 2.05. The number of methoxy groups -OCH3 is 1. The molecule has 0 fully saturated rings. The van der Waals surface area contributed by atoms with E-state index in [0.29, 0.717) is 0 Å². The zero-order valence-corrected chi connectivity index (χ0v) is 8.77. The van der Waals surface area contributed by atoms with E-state index in [4.69, 9.17) is 10.5 Å². The second-order valence-corrected chi connectivity index (χ2v) is 3.36. The Labute approximate surface area is 88.3 Å². The van der Waals surface area contributed by atoms with E-state index in [1.807, 2.05) is 31.4 Å². The van der Waals surface area contributed by atoms with Gasteiger partial charge < -0.3 is 10.5 Å². The summed E-state index contributed by atoms with van der Waals surface area (Å²) in [6.45, 7) is 0. The molecule has 0 amide bonds. The number of aryl methyl sites for hydroxylation is 1. The molecule has 4 heteroatoms. The molecule has 0 aliphatic rings. The van der Waals surface area contributed by atoms with Crippen LogP contribution in [0.1, 0.15) is 0 Å². The molecule has 0 aliphatic heterocycles. The van der Waals surface area contributed by atoms with Crippen molar-refractivity contribution < 1.29 is 4.74 Å². The Hall–Kier alpha value is -1.97. The first-order valence-electron chi connectivity index (χ1n) is 4.63. The minimum absolute atomic E-state index is 0.726. The molecular formula is C11H13N3O. The molecule has 0 unspecified atom stereocenters. The molecule has 4 nitrogen and oxygen atoms in total. The van der Waals surface area contributed by atoms with Gasteiger partial charge in [0.15, 0.2) is 0 Å². The SMILES string of the molecule is COc1ccc(N)c(-c2cnn(C)c2)c1. The van der Waals surface area contributed by atoms with Crippen LogP contribution in [0.5, 0.6) is 5.75 Å². The van der Waals surface area contributed by atoms with E-state index in [1.54, 1.807) is 18.0 Å². The minimum Gasteiger partial charge on any atom is -0.497 e. The fourth-order valence-corrected chi connectivity index (χ4v) is 1.47. The van der Waals surface area contributed by atoms with E-state index in [9.17, 15) is 0 Å². The van der Waals surface area contributed by atoms with E-state index in [1.165, 1.54) is 0 Å². The number of aromatic nitrogens is 2. The Balaban J connectivity index is 2.51. The number of hydrogen-bond donors (Lipinski definition) is 1. The zero-order valence-electron chi connectivity index (χ0n) is 8.77. The quantitative estimate of drug-likeness (QED) is 0.755. The van der Waals surface area contributed by atoms with Crippen molar-refractivity contribution in [3.05, 3.63) is 30.6 Å². The lowest BCUT2D eigenvalue weighted by molar-refractivity contribution is 0.415. The van der Waals surface area contributed by atoms with Crippen LogP contribution in [-0.4, -0.2) is 16.9 Å². The highest BCUT2D eigenvalue weighted by atomic mass is 16.5. The van der Waals surface area contributed by atoms with Gasteiger partial charge in [-0.2, -0.15) is 5.10 Å². The van der Waals surface area contributed by atoms with Crippen LogP contribution >= 0.6 is 0 Å². The smallest absolute Gasteiger partial charge is 0.119 e. The van der Waals surface area contributed by atoms with Gasteiger partial charge in [0.05, 0.1) is 13.3 Å². The summed E-state index contributed by atoms with van der Waals surface area (Å²) in [6, 6.07) is 5.59. The molecule has 2 rings (SSSR count). The molecule has 0 saturated carbocycles. The van der Waals surface area contributed by atoms with Gasteiger partial charge >= 0.3 is 0 Å². The maximum absolute atomic E-state index is 5.89. The lowest BCUT2D eigenvalue weighted by Crippen LogP contribution is -1.91. The summed E-state index contributed by atoms with van der Waals surface area (Å²) in [5, 5.41) is 4.11. The van der Waals surface area contributed by atoms with Crippen molar-refractivity contribution in [2.75, 3.05) is 12.8 Å².